The van der Waals surface area contributed by atoms with Crippen molar-refractivity contribution in [2.75, 3.05) is 13.4 Å². The Labute approximate surface area is 81.0 Å². The number of benzene rings is 1. The summed E-state index contributed by atoms with van der Waals surface area (Å²) in [5, 5.41) is 8.85. The summed E-state index contributed by atoms with van der Waals surface area (Å²) in [6.07, 6.45) is -0.0233. The molecule has 0 aliphatic carbocycles. The molecule has 0 bridgehead atoms. The summed E-state index contributed by atoms with van der Waals surface area (Å²) in [7, 11) is 0. The minimum Gasteiger partial charge on any atom is -0.454 e. The van der Waals surface area contributed by atoms with Gasteiger partial charge in [0, 0.05) is 0 Å². The van der Waals surface area contributed by atoms with Crippen molar-refractivity contribution < 1.29 is 19.3 Å². The monoisotopic (exact) mass is 194 g/mol. The van der Waals surface area contributed by atoms with Gasteiger partial charge in [-0.15, -0.1) is 0 Å². The molecule has 4 nitrogen and oxygen atoms in total. The molecular weight excluding hydrogens is 184 g/mol. The van der Waals surface area contributed by atoms with E-state index in [1.807, 2.05) is 18.2 Å². The van der Waals surface area contributed by atoms with Crippen molar-refractivity contribution in [2.24, 2.45) is 0 Å². The lowest BCUT2D eigenvalue weighted by Gasteiger charge is -1.98. The number of ether oxygens (including phenoxy) is 3. The second-order valence-corrected chi connectivity index (χ2v) is 3.39. The Hall–Kier alpha value is -1.26. The minimum atomic E-state index is -0.0460. The Morgan fingerprint density at radius 1 is 1.29 bits per heavy atom. The molecule has 1 N–H and O–H groups in total. The molecule has 14 heavy (non-hydrogen) atoms. The first-order valence-corrected chi connectivity index (χ1v) is 4.54. The van der Waals surface area contributed by atoms with Crippen LogP contribution in [0.3, 0.4) is 0 Å². The van der Waals surface area contributed by atoms with Gasteiger partial charge in [-0.25, -0.2) is 0 Å². The summed E-state index contributed by atoms with van der Waals surface area (Å²) in [6, 6.07) is 5.71. The lowest BCUT2D eigenvalue weighted by atomic mass is 10.1. The third kappa shape index (κ3) is 1.15. The molecule has 2 aliphatic heterocycles. The van der Waals surface area contributed by atoms with Crippen LogP contribution >= 0.6 is 0 Å². The summed E-state index contributed by atoms with van der Waals surface area (Å²) in [5.74, 6) is 1.53. The Morgan fingerprint density at radius 2 is 2.14 bits per heavy atom. The highest BCUT2D eigenvalue weighted by molar-refractivity contribution is 5.45. The molecule has 0 radical (unpaired) electrons. The fourth-order valence-corrected chi connectivity index (χ4v) is 1.67. The van der Waals surface area contributed by atoms with E-state index >= 15 is 0 Å². The lowest BCUT2D eigenvalue weighted by molar-refractivity contribution is 0.174. The van der Waals surface area contributed by atoms with E-state index in [2.05, 4.69) is 0 Å². The summed E-state index contributed by atoms with van der Waals surface area (Å²) in [5.41, 5.74) is 1.04. The van der Waals surface area contributed by atoms with Crippen LogP contribution in [-0.4, -0.2) is 24.6 Å². The van der Waals surface area contributed by atoms with E-state index < -0.39 is 0 Å². The normalized spacial score (nSPS) is 27.8. The van der Waals surface area contributed by atoms with Gasteiger partial charge in [-0.3, -0.25) is 0 Å². The zero-order valence-electron chi connectivity index (χ0n) is 7.47. The zero-order valence-corrected chi connectivity index (χ0v) is 7.47. The van der Waals surface area contributed by atoms with Crippen molar-refractivity contribution >= 4 is 0 Å². The predicted molar refractivity (Wildman–Crippen MR) is 47.3 cm³/mol. The van der Waals surface area contributed by atoms with E-state index in [1.54, 1.807) is 0 Å². The fraction of sp³-hybridized carbons (Fsp3) is 0.400. The topological polar surface area (TPSA) is 51.2 Å². The van der Waals surface area contributed by atoms with Crippen molar-refractivity contribution in [1.82, 2.24) is 0 Å². The number of fused-ring (bicyclic) bond motifs is 1. The molecule has 2 heterocycles. The highest BCUT2D eigenvalue weighted by atomic mass is 16.7. The van der Waals surface area contributed by atoms with Crippen LogP contribution in [0.15, 0.2) is 18.2 Å². The van der Waals surface area contributed by atoms with E-state index in [-0.39, 0.29) is 25.6 Å². The van der Waals surface area contributed by atoms with Crippen molar-refractivity contribution in [3.63, 3.8) is 0 Å². The smallest absolute Gasteiger partial charge is 0.231 e. The Morgan fingerprint density at radius 3 is 2.93 bits per heavy atom. The lowest BCUT2D eigenvalue weighted by Crippen LogP contribution is -1.94. The molecule has 2 aliphatic rings. The van der Waals surface area contributed by atoms with Crippen molar-refractivity contribution in [1.29, 1.82) is 0 Å². The van der Waals surface area contributed by atoms with E-state index in [1.165, 1.54) is 0 Å². The second kappa shape index (κ2) is 2.87. The number of aliphatic hydroxyl groups is 1. The van der Waals surface area contributed by atoms with E-state index in [4.69, 9.17) is 19.3 Å². The van der Waals surface area contributed by atoms with Gasteiger partial charge in [0.15, 0.2) is 11.5 Å². The van der Waals surface area contributed by atoms with Crippen molar-refractivity contribution in [2.45, 2.75) is 12.2 Å². The number of rotatable bonds is 2. The Kier molecular flexibility index (Phi) is 1.65. The van der Waals surface area contributed by atoms with Crippen LogP contribution in [0, 0.1) is 0 Å². The Balaban J connectivity index is 1.87. The van der Waals surface area contributed by atoms with Gasteiger partial charge in [0.05, 0.1) is 6.61 Å². The number of hydrogen-bond donors (Lipinski definition) is 1. The number of epoxide rings is 1. The third-order valence-electron chi connectivity index (χ3n) is 2.49. The first-order chi connectivity index (χ1) is 6.88. The maximum absolute atomic E-state index is 8.85. The van der Waals surface area contributed by atoms with Gasteiger partial charge in [-0.05, 0) is 17.7 Å². The van der Waals surface area contributed by atoms with Crippen LogP contribution < -0.4 is 9.47 Å². The van der Waals surface area contributed by atoms with Crippen LogP contribution in [0.2, 0.25) is 0 Å². The molecule has 1 fully saturated rings. The molecule has 74 valence electrons. The summed E-state index contributed by atoms with van der Waals surface area (Å²) in [4.78, 5) is 0. The van der Waals surface area contributed by atoms with Crippen LogP contribution in [0.25, 0.3) is 0 Å². The molecule has 0 saturated carbocycles. The molecule has 0 aromatic heterocycles. The van der Waals surface area contributed by atoms with Crippen molar-refractivity contribution in [3.8, 4) is 11.5 Å². The van der Waals surface area contributed by atoms with Gasteiger partial charge in [-0.1, -0.05) is 6.07 Å². The number of aliphatic hydroxyl groups excluding tert-OH is 1. The van der Waals surface area contributed by atoms with E-state index in [0.717, 1.165) is 17.1 Å². The highest BCUT2D eigenvalue weighted by Crippen LogP contribution is 2.42. The van der Waals surface area contributed by atoms with Gasteiger partial charge < -0.3 is 19.3 Å². The Bertz CT molecular complexity index is 363. The minimum absolute atomic E-state index is 0.0227. The van der Waals surface area contributed by atoms with Crippen molar-refractivity contribution in [3.05, 3.63) is 23.8 Å². The molecular formula is C10H10O4. The molecule has 1 aromatic rings. The molecule has 0 spiro atoms. The SMILES string of the molecule is OCC1OC1c1ccc2c(c1)OCO2. The van der Waals surface area contributed by atoms with Gasteiger partial charge in [0.1, 0.15) is 12.2 Å². The largest absolute Gasteiger partial charge is 0.454 e. The van der Waals surface area contributed by atoms with E-state index in [9.17, 15) is 0 Å². The fourth-order valence-electron chi connectivity index (χ4n) is 1.67. The van der Waals surface area contributed by atoms with Gasteiger partial charge in [0.2, 0.25) is 6.79 Å². The summed E-state index contributed by atoms with van der Waals surface area (Å²) in [6.45, 7) is 0.354. The second-order valence-electron chi connectivity index (χ2n) is 3.39. The first kappa shape index (κ1) is 8.08. The average Bonchev–Trinajstić information content (AvgIpc) is 2.87. The van der Waals surface area contributed by atoms with Gasteiger partial charge >= 0.3 is 0 Å². The van der Waals surface area contributed by atoms with Gasteiger partial charge in [0.25, 0.3) is 0 Å². The average molecular weight is 194 g/mol. The van der Waals surface area contributed by atoms with Crippen LogP contribution in [0.1, 0.15) is 11.7 Å². The molecule has 0 amide bonds. The number of hydrogen-bond acceptors (Lipinski definition) is 4. The van der Waals surface area contributed by atoms with E-state index in [0.29, 0.717) is 0 Å². The highest BCUT2D eigenvalue weighted by Gasteiger charge is 2.40. The molecule has 2 unspecified atom stereocenters. The standard InChI is InChI=1S/C10H10O4/c11-4-9-10(14-9)6-1-2-7-8(3-6)13-5-12-7/h1-3,9-11H,4-5H2. The quantitative estimate of drug-likeness (QED) is 0.709. The summed E-state index contributed by atoms with van der Waals surface area (Å²) < 4.78 is 15.7. The first-order valence-electron chi connectivity index (χ1n) is 4.54. The predicted octanol–water partition coefficient (Wildman–Crippen LogP) is 0.847. The molecule has 4 heteroatoms. The third-order valence-corrected chi connectivity index (χ3v) is 2.49. The molecule has 1 aromatic carbocycles. The molecule has 2 atom stereocenters. The maximum Gasteiger partial charge on any atom is 0.231 e. The van der Waals surface area contributed by atoms with Crippen LogP contribution in [0.4, 0.5) is 0 Å². The molecule has 3 rings (SSSR count). The molecule has 1 saturated heterocycles. The zero-order chi connectivity index (χ0) is 9.54. The summed E-state index contributed by atoms with van der Waals surface area (Å²) >= 11 is 0. The maximum atomic E-state index is 8.85. The van der Waals surface area contributed by atoms with Crippen LogP contribution in [0.5, 0.6) is 11.5 Å². The van der Waals surface area contributed by atoms with Gasteiger partial charge in [-0.2, -0.15) is 0 Å². The van der Waals surface area contributed by atoms with Crippen LogP contribution in [-0.2, 0) is 4.74 Å².